The fraction of sp³-hybridized carbons (Fsp3) is 0. The molecule has 1 rings (SSSR count). The van der Waals surface area contributed by atoms with Gasteiger partial charge in [0.2, 0.25) is 0 Å². The second-order valence-corrected chi connectivity index (χ2v) is 2.38. The summed E-state index contributed by atoms with van der Waals surface area (Å²) >= 11 is 5.49. The molecule has 0 spiro atoms. The molecule has 0 unspecified atom stereocenters. The van der Waals surface area contributed by atoms with Crippen molar-refractivity contribution in [2.24, 2.45) is 0 Å². The summed E-state index contributed by atoms with van der Waals surface area (Å²) in [5, 5.41) is 8.73. The number of phenolic OH excluding ortho intramolecular Hbond substituents is 1. The molecule has 0 atom stereocenters. The van der Waals surface area contributed by atoms with Gasteiger partial charge in [-0.25, -0.2) is 4.39 Å². The van der Waals surface area contributed by atoms with E-state index in [0.717, 1.165) is 0 Å². The van der Waals surface area contributed by atoms with Gasteiger partial charge in [-0.15, -0.1) is 0 Å². The van der Waals surface area contributed by atoms with Crippen LogP contribution in [-0.2, 0) is 0 Å². The first kappa shape index (κ1) is 8.08. The first-order valence-corrected chi connectivity index (χ1v) is 3.34. The maximum absolute atomic E-state index is 12.7. The van der Waals surface area contributed by atoms with Gasteiger partial charge in [0.15, 0.2) is 11.6 Å². The predicted molar refractivity (Wildman–Crippen MR) is 43.2 cm³/mol. The Hall–Kier alpha value is -1.02. The van der Waals surface area contributed by atoms with E-state index in [0.29, 0.717) is 5.56 Å². The van der Waals surface area contributed by atoms with Crippen molar-refractivity contribution in [3.05, 3.63) is 35.1 Å². The van der Waals surface area contributed by atoms with Crippen molar-refractivity contribution >= 4 is 17.7 Å². The number of hydrogen-bond donors (Lipinski definition) is 1. The van der Waals surface area contributed by atoms with E-state index in [-0.39, 0.29) is 5.02 Å². The summed E-state index contributed by atoms with van der Waals surface area (Å²) in [6, 6.07) is 2.73. The molecule has 0 saturated heterocycles. The number of halogens is 2. The third-order valence-corrected chi connectivity index (χ3v) is 1.70. The summed E-state index contributed by atoms with van der Waals surface area (Å²) in [6.45, 7) is 3.43. The highest BCUT2D eigenvalue weighted by Crippen LogP contribution is 2.27. The number of phenols is 1. The minimum absolute atomic E-state index is 0.0972. The molecular formula is C8H6ClFO. The van der Waals surface area contributed by atoms with Gasteiger partial charge in [-0.2, -0.15) is 0 Å². The zero-order valence-corrected chi connectivity index (χ0v) is 6.40. The molecule has 0 aliphatic heterocycles. The minimum Gasteiger partial charge on any atom is -0.505 e. The van der Waals surface area contributed by atoms with E-state index in [1.54, 1.807) is 0 Å². The number of hydrogen-bond acceptors (Lipinski definition) is 1. The van der Waals surface area contributed by atoms with Crippen LogP contribution in [0.25, 0.3) is 6.08 Å². The second-order valence-electron chi connectivity index (χ2n) is 2.01. The molecule has 11 heavy (non-hydrogen) atoms. The molecule has 1 nitrogen and oxygen atoms in total. The van der Waals surface area contributed by atoms with Gasteiger partial charge in [-0.1, -0.05) is 24.3 Å². The SMILES string of the molecule is C=Cc1ccc(O)c(F)c1Cl. The van der Waals surface area contributed by atoms with Crippen LogP contribution >= 0.6 is 11.6 Å². The quantitative estimate of drug-likeness (QED) is 0.691. The second kappa shape index (κ2) is 2.93. The lowest BCUT2D eigenvalue weighted by atomic mass is 10.2. The van der Waals surface area contributed by atoms with Crippen LogP contribution in [0.3, 0.4) is 0 Å². The maximum atomic E-state index is 12.7. The molecule has 1 N–H and O–H groups in total. The molecule has 0 radical (unpaired) electrons. The fourth-order valence-electron chi connectivity index (χ4n) is 0.712. The average Bonchev–Trinajstić information content (AvgIpc) is 2.01. The zero-order chi connectivity index (χ0) is 8.43. The highest BCUT2D eigenvalue weighted by Gasteiger charge is 2.07. The molecule has 0 amide bonds. The van der Waals surface area contributed by atoms with E-state index < -0.39 is 11.6 Å². The van der Waals surface area contributed by atoms with Crippen LogP contribution in [0.2, 0.25) is 5.02 Å². The van der Waals surface area contributed by atoms with Crippen LogP contribution in [0.5, 0.6) is 5.75 Å². The first-order chi connectivity index (χ1) is 5.16. The third-order valence-electron chi connectivity index (χ3n) is 1.31. The lowest BCUT2D eigenvalue weighted by Crippen LogP contribution is -1.81. The Labute approximate surface area is 68.7 Å². The van der Waals surface area contributed by atoms with Crippen LogP contribution in [0.4, 0.5) is 4.39 Å². The summed E-state index contributed by atoms with van der Waals surface area (Å²) in [5.41, 5.74) is 0.474. The van der Waals surface area contributed by atoms with E-state index in [4.69, 9.17) is 16.7 Å². The van der Waals surface area contributed by atoms with Crippen molar-refractivity contribution in [3.63, 3.8) is 0 Å². The predicted octanol–water partition coefficient (Wildman–Crippen LogP) is 2.83. The van der Waals surface area contributed by atoms with E-state index in [2.05, 4.69) is 6.58 Å². The Kier molecular flexibility index (Phi) is 2.15. The molecule has 1 aromatic carbocycles. The van der Waals surface area contributed by atoms with Gasteiger partial charge < -0.3 is 5.11 Å². The molecule has 0 saturated carbocycles. The van der Waals surface area contributed by atoms with Gasteiger partial charge >= 0.3 is 0 Å². The Morgan fingerprint density at radius 1 is 1.55 bits per heavy atom. The molecular weight excluding hydrogens is 167 g/mol. The molecule has 0 fully saturated rings. The van der Waals surface area contributed by atoms with Crippen molar-refractivity contribution in [1.82, 2.24) is 0 Å². The summed E-state index contributed by atoms with van der Waals surface area (Å²) in [5.74, 6) is -1.25. The molecule has 0 aliphatic rings. The van der Waals surface area contributed by atoms with Gasteiger partial charge in [0, 0.05) is 0 Å². The number of rotatable bonds is 1. The molecule has 1 aromatic rings. The van der Waals surface area contributed by atoms with Crippen molar-refractivity contribution in [2.75, 3.05) is 0 Å². The molecule has 0 bridgehead atoms. The standard InChI is InChI=1S/C8H6ClFO/c1-2-5-3-4-6(11)8(10)7(5)9/h2-4,11H,1H2. The van der Waals surface area contributed by atoms with Crippen molar-refractivity contribution < 1.29 is 9.50 Å². The first-order valence-electron chi connectivity index (χ1n) is 2.96. The zero-order valence-electron chi connectivity index (χ0n) is 5.64. The molecule has 58 valence electrons. The molecule has 0 aromatic heterocycles. The van der Waals surface area contributed by atoms with Crippen molar-refractivity contribution in [3.8, 4) is 5.75 Å². The van der Waals surface area contributed by atoms with Gasteiger partial charge in [0.25, 0.3) is 0 Å². The summed E-state index contributed by atoms with van der Waals surface area (Å²) in [6.07, 6.45) is 1.42. The van der Waals surface area contributed by atoms with Crippen LogP contribution < -0.4 is 0 Å². The molecule has 3 heteroatoms. The van der Waals surface area contributed by atoms with Crippen LogP contribution in [0.15, 0.2) is 18.7 Å². The molecule has 0 aliphatic carbocycles. The largest absolute Gasteiger partial charge is 0.505 e. The monoisotopic (exact) mass is 172 g/mol. The van der Waals surface area contributed by atoms with E-state index in [1.807, 2.05) is 0 Å². The van der Waals surface area contributed by atoms with Crippen LogP contribution in [-0.4, -0.2) is 5.11 Å². The normalized spacial score (nSPS) is 9.64. The van der Waals surface area contributed by atoms with Gasteiger partial charge in [-0.05, 0) is 17.7 Å². The minimum atomic E-state index is -0.802. The summed E-state index contributed by atoms with van der Waals surface area (Å²) < 4.78 is 12.7. The highest BCUT2D eigenvalue weighted by atomic mass is 35.5. The fourth-order valence-corrected chi connectivity index (χ4v) is 0.949. The van der Waals surface area contributed by atoms with Gasteiger partial charge in [-0.3, -0.25) is 0 Å². The lowest BCUT2D eigenvalue weighted by molar-refractivity contribution is 0.432. The van der Waals surface area contributed by atoms with Crippen LogP contribution in [0.1, 0.15) is 5.56 Å². The maximum Gasteiger partial charge on any atom is 0.183 e. The highest BCUT2D eigenvalue weighted by molar-refractivity contribution is 6.32. The summed E-state index contributed by atoms with van der Waals surface area (Å²) in [7, 11) is 0. The lowest BCUT2D eigenvalue weighted by Gasteiger charge is -2.00. The smallest absolute Gasteiger partial charge is 0.183 e. The summed E-state index contributed by atoms with van der Waals surface area (Å²) in [4.78, 5) is 0. The molecule has 0 heterocycles. The Morgan fingerprint density at radius 3 is 2.73 bits per heavy atom. The van der Waals surface area contributed by atoms with Crippen LogP contribution in [0, 0.1) is 5.82 Å². The van der Waals surface area contributed by atoms with E-state index in [9.17, 15) is 4.39 Å². The third kappa shape index (κ3) is 1.35. The van der Waals surface area contributed by atoms with Crippen molar-refractivity contribution in [2.45, 2.75) is 0 Å². The van der Waals surface area contributed by atoms with E-state index in [1.165, 1.54) is 18.2 Å². The Bertz CT molecular complexity index is 296. The van der Waals surface area contributed by atoms with E-state index >= 15 is 0 Å². The van der Waals surface area contributed by atoms with Gasteiger partial charge in [0.05, 0.1) is 5.02 Å². The van der Waals surface area contributed by atoms with Gasteiger partial charge in [0.1, 0.15) is 0 Å². The number of aromatic hydroxyl groups is 1. The Morgan fingerprint density at radius 2 is 2.18 bits per heavy atom. The Balaban J connectivity index is 3.36. The topological polar surface area (TPSA) is 20.2 Å². The number of benzene rings is 1. The average molecular weight is 173 g/mol. The van der Waals surface area contributed by atoms with Crippen molar-refractivity contribution in [1.29, 1.82) is 0 Å².